The van der Waals surface area contributed by atoms with Gasteiger partial charge in [0.1, 0.15) is 5.82 Å². The van der Waals surface area contributed by atoms with Gasteiger partial charge in [0.2, 0.25) is 0 Å². The van der Waals surface area contributed by atoms with Gasteiger partial charge in [0.25, 0.3) is 5.91 Å². The highest BCUT2D eigenvalue weighted by molar-refractivity contribution is 6.42. The molecule has 1 aliphatic heterocycles. The number of nitrogens with zero attached hydrogens (tertiary/aromatic N) is 3. The van der Waals surface area contributed by atoms with Crippen LogP contribution in [-0.2, 0) is 12.7 Å². The average molecular weight is 550 g/mol. The molecule has 0 aliphatic carbocycles. The van der Waals surface area contributed by atoms with E-state index in [1.165, 1.54) is 12.1 Å². The highest BCUT2D eigenvalue weighted by Crippen LogP contribution is 2.36. The molecule has 0 radical (unpaired) electrons. The van der Waals surface area contributed by atoms with Crippen LogP contribution in [0.15, 0.2) is 60.7 Å². The predicted molar refractivity (Wildman–Crippen MR) is 133 cm³/mol. The summed E-state index contributed by atoms with van der Waals surface area (Å²) in [5, 5.41) is 9.93. The van der Waals surface area contributed by atoms with Crippen LogP contribution >= 0.6 is 23.2 Å². The molecule has 0 spiro atoms. The van der Waals surface area contributed by atoms with Crippen LogP contribution in [0.3, 0.4) is 0 Å². The van der Waals surface area contributed by atoms with Crippen molar-refractivity contribution in [3.63, 3.8) is 0 Å². The standard InChI is InChI=1S/C27H21Cl2F4N3O/c1-35(13-17-5-7-21(24(30)10-17)27(31,32)33)25-15-36(26(37)19-4-2-3-16(9-19)12-34)14-20(25)18-6-8-22(28)23(29)11-18/h2-11,20,25H,13-15H2,1H3/t20-,25-/m1/s1. The van der Waals surface area contributed by atoms with Crippen molar-refractivity contribution in [3.8, 4) is 6.07 Å². The Kier molecular flexibility index (Phi) is 7.79. The maximum Gasteiger partial charge on any atom is 0.419 e. The molecule has 37 heavy (non-hydrogen) atoms. The molecule has 10 heteroatoms. The van der Waals surface area contributed by atoms with E-state index < -0.39 is 17.6 Å². The molecule has 1 aliphatic rings. The Morgan fingerprint density at radius 3 is 2.49 bits per heavy atom. The van der Waals surface area contributed by atoms with E-state index in [1.807, 2.05) is 17.0 Å². The van der Waals surface area contributed by atoms with Gasteiger partial charge in [-0.15, -0.1) is 0 Å². The summed E-state index contributed by atoms with van der Waals surface area (Å²) < 4.78 is 53.1. The molecule has 1 heterocycles. The van der Waals surface area contributed by atoms with Gasteiger partial charge in [-0.05, 0) is 60.6 Å². The summed E-state index contributed by atoms with van der Waals surface area (Å²) in [7, 11) is 1.77. The molecule has 0 N–H and O–H groups in total. The molecular formula is C27H21Cl2F4N3O. The van der Waals surface area contributed by atoms with Crippen LogP contribution in [0.1, 0.15) is 38.5 Å². The second-order valence-electron chi connectivity index (χ2n) is 8.98. The van der Waals surface area contributed by atoms with Gasteiger partial charge in [-0.1, -0.05) is 41.4 Å². The maximum atomic E-state index is 14.2. The van der Waals surface area contributed by atoms with Crippen molar-refractivity contribution in [3.05, 3.63) is 104 Å². The van der Waals surface area contributed by atoms with Crippen molar-refractivity contribution in [2.75, 3.05) is 20.1 Å². The molecule has 1 fully saturated rings. The lowest BCUT2D eigenvalue weighted by atomic mass is 9.93. The van der Waals surface area contributed by atoms with Gasteiger partial charge in [0.15, 0.2) is 0 Å². The molecule has 192 valence electrons. The van der Waals surface area contributed by atoms with Gasteiger partial charge >= 0.3 is 6.18 Å². The molecule has 0 saturated carbocycles. The highest BCUT2D eigenvalue weighted by Gasteiger charge is 2.39. The summed E-state index contributed by atoms with van der Waals surface area (Å²) in [6, 6.07) is 16.3. The molecular weight excluding hydrogens is 529 g/mol. The average Bonchev–Trinajstić information content (AvgIpc) is 3.30. The lowest BCUT2D eigenvalue weighted by Crippen LogP contribution is -2.38. The van der Waals surface area contributed by atoms with E-state index in [1.54, 1.807) is 42.3 Å². The minimum Gasteiger partial charge on any atom is -0.336 e. The van der Waals surface area contributed by atoms with Gasteiger partial charge < -0.3 is 4.90 Å². The Bertz CT molecular complexity index is 1370. The number of halogens is 6. The number of hydrogen-bond acceptors (Lipinski definition) is 3. The topological polar surface area (TPSA) is 47.3 Å². The number of hydrogen-bond donors (Lipinski definition) is 0. The number of likely N-dealkylation sites (tertiary alicyclic amines) is 1. The van der Waals surface area contributed by atoms with Crippen LogP contribution in [-0.4, -0.2) is 41.9 Å². The van der Waals surface area contributed by atoms with E-state index in [0.717, 1.165) is 17.7 Å². The molecule has 1 saturated heterocycles. The maximum absolute atomic E-state index is 14.2. The number of nitriles is 1. The van der Waals surface area contributed by atoms with E-state index in [0.29, 0.717) is 39.8 Å². The minimum atomic E-state index is -4.78. The Balaban J connectivity index is 1.62. The molecule has 0 unspecified atom stereocenters. The Morgan fingerprint density at radius 2 is 1.84 bits per heavy atom. The fourth-order valence-corrected chi connectivity index (χ4v) is 4.97. The Labute approximate surface area is 221 Å². The first-order chi connectivity index (χ1) is 17.5. The second-order valence-corrected chi connectivity index (χ2v) is 9.79. The van der Waals surface area contributed by atoms with Crippen LogP contribution in [0.4, 0.5) is 17.6 Å². The quantitative estimate of drug-likeness (QED) is 0.330. The first-order valence-corrected chi connectivity index (χ1v) is 12.0. The zero-order valence-electron chi connectivity index (χ0n) is 19.6. The lowest BCUT2D eigenvalue weighted by Gasteiger charge is -2.29. The fraction of sp³-hybridized carbons (Fsp3) is 0.259. The van der Waals surface area contributed by atoms with E-state index in [9.17, 15) is 27.6 Å². The van der Waals surface area contributed by atoms with Gasteiger partial charge in [-0.2, -0.15) is 18.4 Å². The molecule has 3 aromatic carbocycles. The third kappa shape index (κ3) is 5.90. The summed E-state index contributed by atoms with van der Waals surface area (Å²) in [5.41, 5.74) is 0.632. The number of amides is 1. The largest absolute Gasteiger partial charge is 0.419 e. The first-order valence-electron chi connectivity index (χ1n) is 11.3. The number of benzene rings is 3. The van der Waals surface area contributed by atoms with Crippen molar-refractivity contribution in [2.24, 2.45) is 0 Å². The number of carbonyl (C=O) groups excluding carboxylic acids is 1. The molecule has 4 nitrogen and oxygen atoms in total. The molecule has 0 bridgehead atoms. The Hall–Kier alpha value is -3.12. The van der Waals surface area contributed by atoms with Crippen LogP contribution in [0.25, 0.3) is 0 Å². The zero-order chi connectivity index (χ0) is 26.9. The van der Waals surface area contributed by atoms with E-state index in [4.69, 9.17) is 23.2 Å². The summed E-state index contributed by atoms with van der Waals surface area (Å²) in [6.07, 6.45) is -4.78. The summed E-state index contributed by atoms with van der Waals surface area (Å²) in [4.78, 5) is 16.9. The highest BCUT2D eigenvalue weighted by atomic mass is 35.5. The summed E-state index contributed by atoms with van der Waals surface area (Å²) in [6.45, 7) is 0.799. The van der Waals surface area contributed by atoms with Gasteiger partial charge in [0.05, 0.1) is 27.2 Å². The monoisotopic (exact) mass is 549 g/mol. The molecule has 0 aromatic heterocycles. The van der Waals surface area contributed by atoms with Crippen molar-refractivity contribution in [1.82, 2.24) is 9.80 Å². The molecule has 4 rings (SSSR count). The van der Waals surface area contributed by atoms with Gasteiger partial charge in [0, 0.05) is 37.2 Å². The van der Waals surface area contributed by atoms with Crippen molar-refractivity contribution in [1.29, 1.82) is 5.26 Å². The number of likely N-dealkylation sites (N-methyl/N-ethyl adjacent to an activating group) is 1. The SMILES string of the molecule is CN(Cc1ccc(C(F)(F)F)c(F)c1)[C@@H]1CN(C(=O)c2cccc(C#N)c2)C[C@@H]1c1ccc(Cl)c(Cl)c1. The second kappa shape index (κ2) is 10.7. The zero-order valence-corrected chi connectivity index (χ0v) is 21.1. The molecule has 1 amide bonds. The van der Waals surface area contributed by atoms with Crippen LogP contribution in [0.2, 0.25) is 10.0 Å². The fourth-order valence-electron chi connectivity index (χ4n) is 4.67. The van der Waals surface area contributed by atoms with Crippen molar-refractivity contribution < 1.29 is 22.4 Å². The van der Waals surface area contributed by atoms with Crippen molar-refractivity contribution >= 4 is 29.1 Å². The number of alkyl halides is 3. The normalized spacial score (nSPS) is 17.8. The molecule has 2 atom stereocenters. The summed E-state index contributed by atoms with van der Waals surface area (Å²) >= 11 is 12.3. The van der Waals surface area contributed by atoms with Crippen molar-refractivity contribution in [2.45, 2.75) is 24.7 Å². The number of rotatable bonds is 5. The Morgan fingerprint density at radius 1 is 1.08 bits per heavy atom. The smallest absolute Gasteiger partial charge is 0.336 e. The van der Waals surface area contributed by atoms with E-state index >= 15 is 0 Å². The van der Waals surface area contributed by atoms with Crippen LogP contribution in [0.5, 0.6) is 0 Å². The van der Waals surface area contributed by atoms with Gasteiger partial charge in [-0.3, -0.25) is 9.69 Å². The van der Waals surface area contributed by atoms with Crippen LogP contribution in [0, 0.1) is 17.1 Å². The third-order valence-corrected chi connectivity index (χ3v) is 7.26. The lowest BCUT2D eigenvalue weighted by molar-refractivity contribution is -0.140. The summed E-state index contributed by atoms with van der Waals surface area (Å²) in [5.74, 6) is -1.79. The predicted octanol–water partition coefficient (Wildman–Crippen LogP) is 6.76. The number of carbonyl (C=O) groups is 1. The third-order valence-electron chi connectivity index (χ3n) is 6.52. The van der Waals surface area contributed by atoms with E-state index in [2.05, 4.69) is 0 Å². The molecule has 3 aromatic rings. The van der Waals surface area contributed by atoms with E-state index in [-0.39, 0.29) is 24.4 Å². The van der Waals surface area contributed by atoms with Gasteiger partial charge in [-0.25, -0.2) is 4.39 Å². The first kappa shape index (κ1) is 26.9. The minimum absolute atomic E-state index is 0.156. The van der Waals surface area contributed by atoms with Crippen LogP contribution < -0.4 is 0 Å².